The molecule has 1 aliphatic rings. The third-order valence-electron chi connectivity index (χ3n) is 5.65. The predicted molar refractivity (Wildman–Crippen MR) is 123 cm³/mol. The maximum atomic E-state index is 12.4. The Labute approximate surface area is 180 Å². The fourth-order valence-electron chi connectivity index (χ4n) is 3.80. The molecule has 1 saturated heterocycles. The smallest absolute Gasteiger partial charge is 0.255 e. The van der Waals surface area contributed by atoms with Crippen LogP contribution in [0.4, 0.5) is 11.4 Å². The van der Waals surface area contributed by atoms with Crippen molar-refractivity contribution < 1.29 is 9.59 Å². The second-order valence-corrected chi connectivity index (χ2v) is 7.90. The predicted octanol–water partition coefficient (Wildman–Crippen LogP) is 4.95. The summed E-state index contributed by atoms with van der Waals surface area (Å²) in [6.07, 6.45) is 6.58. The molecule has 5 nitrogen and oxygen atoms in total. The molecular formula is C25H33N3O2. The minimum atomic E-state index is -0.106. The van der Waals surface area contributed by atoms with Gasteiger partial charge in [-0.1, -0.05) is 50.8 Å². The molecule has 0 aliphatic carbocycles. The van der Waals surface area contributed by atoms with Crippen LogP contribution < -0.4 is 10.2 Å². The highest BCUT2D eigenvalue weighted by Crippen LogP contribution is 2.20. The number of carbonyl (C=O) groups excluding carboxylic acids is 2. The average Bonchev–Trinajstić information content (AvgIpc) is 2.80. The Hall–Kier alpha value is -2.82. The van der Waals surface area contributed by atoms with E-state index >= 15 is 0 Å². The van der Waals surface area contributed by atoms with E-state index in [9.17, 15) is 9.59 Å². The Bertz CT molecular complexity index is 797. The van der Waals surface area contributed by atoms with Gasteiger partial charge in [0.2, 0.25) is 5.91 Å². The van der Waals surface area contributed by atoms with Crippen LogP contribution in [0.5, 0.6) is 0 Å². The number of nitrogens with one attached hydrogen (secondary N) is 1. The van der Waals surface area contributed by atoms with Gasteiger partial charge < -0.3 is 15.1 Å². The maximum absolute atomic E-state index is 12.4. The summed E-state index contributed by atoms with van der Waals surface area (Å²) < 4.78 is 0. The first-order valence-corrected chi connectivity index (χ1v) is 11.2. The fraction of sp³-hybridized carbons (Fsp3) is 0.440. The van der Waals surface area contributed by atoms with E-state index in [0.717, 1.165) is 50.4 Å². The zero-order chi connectivity index (χ0) is 21.2. The summed E-state index contributed by atoms with van der Waals surface area (Å²) >= 11 is 0. The van der Waals surface area contributed by atoms with Gasteiger partial charge in [-0.25, -0.2) is 0 Å². The highest BCUT2D eigenvalue weighted by Gasteiger charge is 2.21. The highest BCUT2D eigenvalue weighted by molar-refractivity contribution is 6.04. The number of rotatable bonds is 9. The molecule has 1 heterocycles. The van der Waals surface area contributed by atoms with Crippen molar-refractivity contribution in [2.24, 2.45) is 0 Å². The molecule has 1 fully saturated rings. The lowest BCUT2D eigenvalue weighted by Crippen LogP contribution is -2.48. The van der Waals surface area contributed by atoms with Gasteiger partial charge in [0.1, 0.15) is 0 Å². The standard InChI is InChI=1S/C25H33N3O2/c1-2-3-4-5-9-12-24(29)28-19-17-27(18-20-28)23-15-13-22(14-16-23)26-25(30)21-10-7-6-8-11-21/h6-8,10-11,13-16H,2-5,9,12,17-20H2,1H3,(H,26,30). The molecule has 0 unspecified atom stereocenters. The molecule has 0 radical (unpaired) electrons. The average molecular weight is 408 g/mol. The number of hydrogen-bond acceptors (Lipinski definition) is 3. The van der Waals surface area contributed by atoms with Crippen LogP contribution in [0.1, 0.15) is 55.8 Å². The number of nitrogens with zero attached hydrogens (tertiary/aromatic N) is 2. The minimum absolute atomic E-state index is 0.106. The molecule has 30 heavy (non-hydrogen) atoms. The Morgan fingerprint density at radius 1 is 0.833 bits per heavy atom. The number of anilines is 2. The highest BCUT2D eigenvalue weighted by atomic mass is 16.2. The molecule has 0 saturated carbocycles. The fourth-order valence-corrected chi connectivity index (χ4v) is 3.80. The maximum Gasteiger partial charge on any atom is 0.255 e. The first kappa shape index (κ1) is 21.9. The minimum Gasteiger partial charge on any atom is -0.368 e. The number of hydrogen-bond donors (Lipinski definition) is 1. The number of piperazine rings is 1. The molecule has 1 aliphatic heterocycles. The van der Waals surface area contributed by atoms with Crippen molar-refractivity contribution in [1.29, 1.82) is 0 Å². The number of amides is 2. The second kappa shape index (κ2) is 11.4. The largest absolute Gasteiger partial charge is 0.368 e. The van der Waals surface area contributed by atoms with Gasteiger partial charge in [-0.05, 0) is 42.8 Å². The van der Waals surface area contributed by atoms with Gasteiger partial charge in [-0.15, -0.1) is 0 Å². The summed E-state index contributed by atoms with van der Waals surface area (Å²) in [5.74, 6) is 0.190. The first-order valence-electron chi connectivity index (χ1n) is 11.2. The third-order valence-corrected chi connectivity index (χ3v) is 5.65. The summed E-state index contributed by atoms with van der Waals surface area (Å²) in [4.78, 5) is 29.0. The van der Waals surface area contributed by atoms with Crippen molar-refractivity contribution in [3.8, 4) is 0 Å². The summed E-state index contributed by atoms with van der Waals surface area (Å²) in [6, 6.07) is 17.1. The number of carbonyl (C=O) groups is 2. The molecule has 160 valence electrons. The number of benzene rings is 2. The van der Waals surface area contributed by atoms with Crippen molar-refractivity contribution in [1.82, 2.24) is 4.90 Å². The zero-order valence-electron chi connectivity index (χ0n) is 18.0. The molecule has 0 aromatic heterocycles. The van der Waals surface area contributed by atoms with Gasteiger partial charge in [-0.2, -0.15) is 0 Å². The normalized spacial score (nSPS) is 13.9. The van der Waals surface area contributed by atoms with Crippen molar-refractivity contribution in [2.75, 3.05) is 36.4 Å². The van der Waals surface area contributed by atoms with Crippen LogP contribution in [-0.4, -0.2) is 42.9 Å². The van der Waals surface area contributed by atoms with Crippen LogP contribution in [0.15, 0.2) is 54.6 Å². The molecule has 2 aromatic carbocycles. The van der Waals surface area contributed by atoms with Gasteiger partial charge in [0.25, 0.3) is 5.91 Å². The quantitative estimate of drug-likeness (QED) is 0.599. The Morgan fingerprint density at radius 3 is 2.17 bits per heavy atom. The van der Waals surface area contributed by atoms with Gasteiger partial charge >= 0.3 is 0 Å². The van der Waals surface area contributed by atoms with E-state index in [2.05, 4.69) is 17.1 Å². The molecule has 0 spiro atoms. The van der Waals surface area contributed by atoms with Crippen molar-refractivity contribution in [3.63, 3.8) is 0 Å². The van der Waals surface area contributed by atoms with E-state index in [1.54, 1.807) is 12.1 Å². The van der Waals surface area contributed by atoms with Crippen LogP contribution in [0.2, 0.25) is 0 Å². The van der Waals surface area contributed by atoms with Crippen molar-refractivity contribution in [3.05, 3.63) is 60.2 Å². The van der Waals surface area contributed by atoms with E-state index in [4.69, 9.17) is 0 Å². The van der Waals surface area contributed by atoms with E-state index in [-0.39, 0.29) is 5.91 Å². The summed E-state index contributed by atoms with van der Waals surface area (Å²) in [7, 11) is 0. The Balaban J connectivity index is 1.43. The molecule has 1 N–H and O–H groups in total. The Kier molecular flexibility index (Phi) is 8.30. The van der Waals surface area contributed by atoms with Crippen LogP contribution in [0, 0.1) is 0 Å². The van der Waals surface area contributed by atoms with Crippen LogP contribution in [0.25, 0.3) is 0 Å². The van der Waals surface area contributed by atoms with Crippen LogP contribution in [0.3, 0.4) is 0 Å². The van der Waals surface area contributed by atoms with E-state index in [0.29, 0.717) is 17.9 Å². The lowest BCUT2D eigenvalue weighted by Gasteiger charge is -2.36. The third kappa shape index (κ3) is 6.34. The molecule has 5 heteroatoms. The molecule has 2 aromatic rings. The lowest BCUT2D eigenvalue weighted by atomic mass is 10.1. The zero-order valence-corrected chi connectivity index (χ0v) is 18.0. The summed E-state index contributed by atoms with van der Waals surface area (Å²) in [5.41, 5.74) is 2.55. The molecular weight excluding hydrogens is 374 g/mol. The second-order valence-electron chi connectivity index (χ2n) is 7.90. The SMILES string of the molecule is CCCCCCCC(=O)N1CCN(c2ccc(NC(=O)c3ccccc3)cc2)CC1. The molecule has 3 rings (SSSR count). The van der Waals surface area contributed by atoms with Crippen LogP contribution >= 0.6 is 0 Å². The van der Waals surface area contributed by atoms with Crippen molar-refractivity contribution in [2.45, 2.75) is 45.4 Å². The molecule has 2 amide bonds. The topological polar surface area (TPSA) is 52.7 Å². The molecule has 0 atom stereocenters. The van der Waals surface area contributed by atoms with Gasteiger partial charge in [0, 0.05) is 49.5 Å². The molecule has 0 bridgehead atoms. The van der Waals surface area contributed by atoms with Gasteiger partial charge in [0.05, 0.1) is 0 Å². The first-order chi connectivity index (χ1) is 14.7. The Morgan fingerprint density at radius 2 is 1.50 bits per heavy atom. The summed E-state index contributed by atoms with van der Waals surface area (Å²) in [6.45, 7) is 5.45. The summed E-state index contributed by atoms with van der Waals surface area (Å²) in [5, 5.41) is 2.93. The lowest BCUT2D eigenvalue weighted by molar-refractivity contribution is -0.131. The van der Waals surface area contributed by atoms with Crippen LogP contribution in [-0.2, 0) is 4.79 Å². The van der Waals surface area contributed by atoms with Crippen molar-refractivity contribution >= 4 is 23.2 Å². The van der Waals surface area contributed by atoms with E-state index in [1.807, 2.05) is 47.4 Å². The monoisotopic (exact) mass is 407 g/mol. The van der Waals surface area contributed by atoms with E-state index in [1.165, 1.54) is 19.3 Å². The number of unbranched alkanes of at least 4 members (excludes halogenated alkanes) is 4. The van der Waals surface area contributed by atoms with Gasteiger partial charge in [0.15, 0.2) is 0 Å². The van der Waals surface area contributed by atoms with Gasteiger partial charge in [-0.3, -0.25) is 9.59 Å². The van der Waals surface area contributed by atoms with E-state index < -0.39 is 0 Å².